The van der Waals surface area contributed by atoms with Crippen LogP contribution in [0.2, 0.25) is 0 Å². The van der Waals surface area contributed by atoms with Gasteiger partial charge in [0.05, 0.1) is 10.5 Å². The van der Waals surface area contributed by atoms with Crippen LogP contribution in [0.5, 0.6) is 0 Å². The van der Waals surface area contributed by atoms with Crippen molar-refractivity contribution >= 4 is 15.7 Å². The van der Waals surface area contributed by atoms with Crippen LogP contribution in [0, 0.1) is 0 Å². The lowest BCUT2D eigenvalue weighted by molar-refractivity contribution is 0.0640. The van der Waals surface area contributed by atoms with Gasteiger partial charge in [-0.3, -0.25) is 5.84 Å². The van der Waals surface area contributed by atoms with Gasteiger partial charge < -0.3 is 10.5 Å². The highest BCUT2D eigenvalue weighted by Gasteiger charge is 2.26. The molecule has 0 heterocycles. The van der Waals surface area contributed by atoms with Crippen molar-refractivity contribution in [3.05, 3.63) is 24.3 Å². The van der Waals surface area contributed by atoms with Crippen LogP contribution in [-0.2, 0) is 10.0 Å². The van der Waals surface area contributed by atoms with Crippen LogP contribution in [-0.4, -0.2) is 37.0 Å². The van der Waals surface area contributed by atoms with E-state index in [4.69, 9.17) is 5.84 Å². The summed E-state index contributed by atoms with van der Waals surface area (Å²) in [4.78, 5) is 0.160. The van der Waals surface area contributed by atoms with Gasteiger partial charge in [-0.05, 0) is 38.1 Å². The number of rotatable bonds is 5. The molecule has 7 heteroatoms. The predicted molar refractivity (Wildman–Crippen MR) is 70.4 cm³/mol. The lowest BCUT2D eigenvalue weighted by atomic mass is 10.1. The number of nitrogens with one attached hydrogen (secondary N) is 1. The fraction of sp³-hybridized carbons (Fsp3) is 0.455. The van der Waals surface area contributed by atoms with Gasteiger partial charge >= 0.3 is 0 Å². The summed E-state index contributed by atoms with van der Waals surface area (Å²) in [6, 6.07) is 6.08. The van der Waals surface area contributed by atoms with Gasteiger partial charge in [-0.25, -0.2) is 8.42 Å². The predicted octanol–water partition coefficient (Wildman–Crippen LogP) is 0.364. The molecule has 4 N–H and O–H groups in total. The number of benzene rings is 1. The smallest absolute Gasteiger partial charge is 0.242 e. The van der Waals surface area contributed by atoms with E-state index < -0.39 is 15.6 Å². The molecule has 6 nitrogen and oxygen atoms in total. The number of nitrogens with two attached hydrogens (primary N) is 1. The number of anilines is 1. The largest absolute Gasteiger partial charge is 0.389 e. The lowest BCUT2D eigenvalue weighted by Crippen LogP contribution is -2.39. The number of hydrazine groups is 1. The van der Waals surface area contributed by atoms with E-state index in [1.54, 1.807) is 26.0 Å². The van der Waals surface area contributed by atoms with E-state index >= 15 is 0 Å². The second-order valence-electron chi connectivity index (χ2n) is 4.74. The molecule has 0 atom stereocenters. The first-order chi connectivity index (χ1) is 8.16. The maximum atomic E-state index is 12.2. The Bertz CT molecular complexity index is 491. The van der Waals surface area contributed by atoms with Crippen molar-refractivity contribution in [1.29, 1.82) is 0 Å². The number of nitrogens with zero attached hydrogens (tertiary/aromatic N) is 1. The molecule has 0 aromatic heterocycles. The highest BCUT2D eigenvalue weighted by molar-refractivity contribution is 7.89. The Kier molecular flexibility index (Phi) is 4.33. The monoisotopic (exact) mass is 273 g/mol. The summed E-state index contributed by atoms with van der Waals surface area (Å²) in [5, 5.41) is 9.65. The molecule has 0 saturated carbocycles. The van der Waals surface area contributed by atoms with Gasteiger partial charge in [0.1, 0.15) is 0 Å². The molecule has 0 unspecified atom stereocenters. The van der Waals surface area contributed by atoms with E-state index in [0.29, 0.717) is 5.69 Å². The molecule has 0 bridgehead atoms. The van der Waals surface area contributed by atoms with E-state index in [2.05, 4.69) is 5.43 Å². The fourth-order valence-corrected chi connectivity index (χ4v) is 2.86. The molecular formula is C11H19N3O3S. The van der Waals surface area contributed by atoms with Gasteiger partial charge in [0, 0.05) is 19.3 Å². The first kappa shape index (κ1) is 14.9. The second kappa shape index (κ2) is 5.23. The van der Waals surface area contributed by atoms with Crippen molar-refractivity contribution < 1.29 is 13.5 Å². The first-order valence-electron chi connectivity index (χ1n) is 5.42. The molecule has 0 aliphatic rings. The van der Waals surface area contributed by atoms with Gasteiger partial charge in [0.25, 0.3) is 0 Å². The molecule has 0 aliphatic heterocycles. The number of sulfonamides is 1. The van der Waals surface area contributed by atoms with Crippen LogP contribution in [0.15, 0.2) is 29.2 Å². The van der Waals surface area contributed by atoms with Crippen LogP contribution >= 0.6 is 0 Å². The van der Waals surface area contributed by atoms with Gasteiger partial charge in [-0.1, -0.05) is 0 Å². The molecule has 18 heavy (non-hydrogen) atoms. The quantitative estimate of drug-likeness (QED) is 0.532. The minimum atomic E-state index is -3.59. The number of aliphatic hydroxyl groups is 1. The normalized spacial score (nSPS) is 12.8. The van der Waals surface area contributed by atoms with Crippen LogP contribution in [0.25, 0.3) is 0 Å². The lowest BCUT2D eigenvalue weighted by Gasteiger charge is -2.25. The molecule has 1 aromatic carbocycles. The standard InChI is InChI=1S/C11H19N3O3S/c1-11(2,15)8-14(3)18(16,17)10-6-4-9(13-12)5-7-10/h4-7,13,15H,8,12H2,1-3H3. The zero-order valence-electron chi connectivity index (χ0n) is 10.7. The molecule has 0 spiro atoms. The fourth-order valence-electron chi connectivity index (χ4n) is 1.53. The topological polar surface area (TPSA) is 95.7 Å². The van der Waals surface area contributed by atoms with Crippen LogP contribution in [0.3, 0.4) is 0 Å². The Morgan fingerprint density at radius 2 is 1.83 bits per heavy atom. The Morgan fingerprint density at radius 3 is 2.22 bits per heavy atom. The summed E-state index contributed by atoms with van der Waals surface area (Å²) in [5.41, 5.74) is 1.97. The maximum Gasteiger partial charge on any atom is 0.242 e. The van der Waals surface area contributed by atoms with Gasteiger partial charge in [-0.2, -0.15) is 4.31 Å². The van der Waals surface area contributed by atoms with Crippen LogP contribution in [0.1, 0.15) is 13.8 Å². The Balaban J connectivity index is 2.98. The van der Waals surface area contributed by atoms with Crippen LogP contribution in [0.4, 0.5) is 5.69 Å². The van der Waals surface area contributed by atoms with E-state index in [0.717, 1.165) is 4.31 Å². The third kappa shape index (κ3) is 3.67. The minimum absolute atomic E-state index is 0.0201. The summed E-state index contributed by atoms with van der Waals surface area (Å²) in [7, 11) is -2.16. The molecule has 0 aliphatic carbocycles. The molecule has 102 valence electrons. The van der Waals surface area contributed by atoms with Gasteiger partial charge in [-0.15, -0.1) is 0 Å². The molecular weight excluding hydrogens is 254 g/mol. The van der Waals surface area contributed by atoms with Crippen molar-refractivity contribution in [3.63, 3.8) is 0 Å². The Hall–Kier alpha value is -1.15. The van der Waals surface area contributed by atoms with E-state index in [-0.39, 0.29) is 11.4 Å². The van der Waals surface area contributed by atoms with Crippen molar-refractivity contribution in [3.8, 4) is 0 Å². The van der Waals surface area contributed by atoms with Gasteiger partial charge in [0.2, 0.25) is 10.0 Å². The minimum Gasteiger partial charge on any atom is -0.389 e. The van der Waals surface area contributed by atoms with E-state index in [9.17, 15) is 13.5 Å². The Labute approximate surface area is 107 Å². The van der Waals surface area contributed by atoms with E-state index in [1.807, 2.05) is 0 Å². The highest BCUT2D eigenvalue weighted by atomic mass is 32.2. The SMILES string of the molecule is CN(CC(C)(C)O)S(=O)(=O)c1ccc(NN)cc1. The summed E-state index contributed by atoms with van der Waals surface area (Å²) in [6.45, 7) is 3.13. The molecule has 1 aromatic rings. The average molecular weight is 273 g/mol. The number of hydrogen-bond acceptors (Lipinski definition) is 5. The summed E-state index contributed by atoms with van der Waals surface area (Å²) in [6.07, 6.45) is 0. The molecule has 0 radical (unpaired) electrons. The first-order valence-corrected chi connectivity index (χ1v) is 6.86. The summed E-state index contributed by atoms with van der Waals surface area (Å²) >= 11 is 0. The molecule has 1 rings (SSSR count). The summed E-state index contributed by atoms with van der Waals surface area (Å²) in [5.74, 6) is 5.21. The Morgan fingerprint density at radius 1 is 1.33 bits per heavy atom. The molecule has 0 saturated heterocycles. The number of hydrogen-bond donors (Lipinski definition) is 3. The van der Waals surface area contributed by atoms with Crippen molar-refractivity contribution in [2.75, 3.05) is 19.0 Å². The number of nitrogen functional groups attached to an aromatic ring is 1. The van der Waals surface area contributed by atoms with Crippen LogP contribution < -0.4 is 11.3 Å². The molecule has 0 amide bonds. The summed E-state index contributed by atoms with van der Waals surface area (Å²) < 4.78 is 25.5. The third-order valence-electron chi connectivity index (χ3n) is 2.34. The maximum absolute atomic E-state index is 12.2. The van der Waals surface area contributed by atoms with Crippen molar-refractivity contribution in [2.24, 2.45) is 5.84 Å². The van der Waals surface area contributed by atoms with Gasteiger partial charge in [0.15, 0.2) is 0 Å². The second-order valence-corrected chi connectivity index (χ2v) is 6.79. The average Bonchev–Trinajstić information content (AvgIpc) is 2.27. The third-order valence-corrected chi connectivity index (χ3v) is 4.16. The van der Waals surface area contributed by atoms with Crippen molar-refractivity contribution in [2.45, 2.75) is 24.3 Å². The number of likely N-dealkylation sites (N-methyl/N-ethyl adjacent to an activating group) is 1. The zero-order valence-corrected chi connectivity index (χ0v) is 11.5. The van der Waals surface area contributed by atoms with E-state index in [1.165, 1.54) is 19.2 Å². The molecule has 0 fully saturated rings. The highest BCUT2D eigenvalue weighted by Crippen LogP contribution is 2.18. The zero-order chi connectivity index (χ0) is 14.0. The van der Waals surface area contributed by atoms with Crippen molar-refractivity contribution in [1.82, 2.24) is 4.31 Å².